The standard InChI is InChI=1S/C15H20ClNO2/c1-10-2-3-13(16)15(6-10)19-5-4-17-8-11-7-14(18)12(11)9-17/h2-3,6,11-12,14,18H,4-5,7-9H2,1H3/t11-,12+,14-/m1/s1. The van der Waals surface area contributed by atoms with Crippen LogP contribution in [0.2, 0.25) is 5.02 Å². The third kappa shape index (κ3) is 2.73. The van der Waals surface area contributed by atoms with Crippen LogP contribution in [0.5, 0.6) is 5.75 Å². The Morgan fingerprint density at radius 3 is 3.00 bits per heavy atom. The molecule has 0 aromatic heterocycles. The van der Waals surface area contributed by atoms with Gasteiger partial charge < -0.3 is 9.84 Å². The summed E-state index contributed by atoms with van der Waals surface area (Å²) in [5.74, 6) is 1.98. The number of rotatable bonds is 4. The Morgan fingerprint density at radius 2 is 2.26 bits per heavy atom. The minimum atomic E-state index is -0.0675. The monoisotopic (exact) mass is 281 g/mol. The summed E-state index contributed by atoms with van der Waals surface area (Å²) < 4.78 is 5.76. The van der Waals surface area contributed by atoms with Gasteiger partial charge in [-0.2, -0.15) is 0 Å². The quantitative estimate of drug-likeness (QED) is 0.919. The Bertz CT molecular complexity index is 465. The molecule has 3 rings (SSSR count). The zero-order valence-electron chi connectivity index (χ0n) is 11.2. The van der Waals surface area contributed by atoms with Gasteiger partial charge in [0.2, 0.25) is 0 Å². The second-order valence-corrected chi connectivity index (χ2v) is 6.18. The van der Waals surface area contributed by atoms with Gasteiger partial charge in [-0.1, -0.05) is 17.7 Å². The molecular formula is C15H20ClNO2. The highest BCUT2D eigenvalue weighted by molar-refractivity contribution is 6.32. The summed E-state index contributed by atoms with van der Waals surface area (Å²) in [7, 11) is 0. The summed E-state index contributed by atoms with van der Waals surface area (Å²) in [6, 6.07) is 5.83. The number of hydrogen-bond acceptors (Lipinski definition) is 3. The molecule has 0 radical (unpaired) electrons. The van der Waals surface area contributed by atoms with Crippen molar-refractivity contribution in [1.29, 1.82) is 0 Å². The normalized spacial score (nSPS) is 29.9. The average Bonchev–Trinajstić information content (AvgIpc) is 2.71. The first-order valence-electron chi connectivity index (χ1n) is 6.93. The van der Waals surface area contributed by atoms with Crippen LogP contribution in [0.4, 0.5) is 0 Å². The Labute approximate surface area is 119 Å². The summed E-state index contributed by atoms with van der Waals surface area (Å²) in [5.41, 5.74) is 1.15. The second kappa shape index (κ2) is 5.31. The molecule has 3 nitrogen and oxygen atoms in total. The van der Waals surface area contributed by atoms with Crippen molar-refractivity contribution in [2.24, 2.45) is 11.8 Å². The van der Waals surface area contributed by atoms with Gasteiger partial charge in [0.05, 0.1) is 11.1 Å². The van der Waals surface area contributed by atoms with Crippen LogP contribution in [0.25, 0.3) is 0 Å². The van der Waals surface area contributed by atoms with E-state index < -0.39 is 0 Å². The van der Waals surface area contributed by atoms with Crippen LogP contribution in [0.15, 0.2) is 18.2 Å². The molecule has 104 valence electrons. The number of aryl methyl sites for hydroxylation is 1. The van der Waals surface area contributed by atoms with E-state index in [1.54, 1.807) is 0 Å². The zero-order valence-corrected chi connectivity index (χ0v) is 11.9. The van der Waals surface area contributed by atoms with Crippen molar-refractivity contribution in [1.82, 2.24) is 4.90 Å². The number of nitrogens with zero attached hydrogens (tertiary/aromatic N) is 1. The van der Waals surface area contributed by atoms with Crippen LogP contribution in [-0.4, -0.2) is 42.4 Å². The summed E-state index contributed by atoms with van der Waals surface area (Å²) in [6.45, 7) is 5.70. The number of aliphatic hydroxyl groups is 1. The lowest BCUT2D eigenvalue weighted by molar-refractivity contribution is -0.00435. The molecule has 2 aliphatic rings. The molecule has 19 heavy (non-hydrogen) atoms. The minimum absolute atomic E-state index is 0.0675. The Kier molecular flexibility index (Phi) is 3.70. The second-order valence-electron chi connectivity index (χ2n) is 5.77. The summed E-state index contributed by atoms with van der Waals surface area (Å²) in [4.78, 5) is 2.38. The van der Waals surface area contributed by atoms with Crippen LogP contribution < -0.4 is 4.74 Å². The molecule has 0 bridgehead atoms. The predicted octanol–water partition coefficient (Wildman–Crippen LogP) is 2.34. The van der Waals surface area contributed by atoms with Gasteiger partial charge in [0.15, 0.2) is 0 Å². The van der Waals surface area contributed by atoms with E-state index in [4.69, 9.17) is 16.3 Å². The molecule has 0 amide bonds. The SMILES string of the molecule is Cc1ccc(Cl)c(OCCN2C[C@H]3C[C@@H](O)[C@H]3C2)c1. The lowest BCUT2D eigenvalue weighted by Gasteiger charge is -2.35. The van der Waals surface area contributed by atoms with Crippen molar-refractivity contribution in [2.45, 2.75) is 19.4 Å². The summed E-state index contributed by atoms with van der Waals surface area (Å²) in [6.07, 6.45) is 0.910. The van der Waals surface area contributed by atoms with Crippen LogP contribution in [0.1, 0.15) is 12.0 Å². The van der Waals surface area contributed by atoms with Gasteiger partial charge in [-0.15, -0.1) is 0 Å². The zero-order chi connectivity index (χ0) is 13.4. The van der Waals surface area contributed by atoms with Crippen LogP contribution in [0.3, 0.4) is 0 Å². The molecule has 2 fully saturated rings. The molecule has 1 saturated heterocycles. The maximum absolute atomic E-state index is 9.63. The average molecular weight is 282 g/mol. The first-order chi connectivity index (χ1) is 9.13. The van der Waals surface area contributed by atoms with Crippen molar-refractivity contribution >= 4 is 11.6 Å². The van der Waals surface area contributed by atoms with Crippen molar-refractivity contribution in [2.75, 3.05) is 26.2 Å². The third-order valence-corrected chi connectivity index (χ3v) is 4.67. The Balaban J connectivity index is 1.47. The number of likely N-dealkylation sites (tertiary alicyclic amines) is 1. The first kappa shape index (κ1) is 13.2. The van der Waals surface area contributed by atoms with Gasteiger partial charge in [0.1, 0.15) is 12.4 Å². The molecule has 4 heteroatoms. The van der Waals surface area contributed by atoms with Gasteiger partial charge in [0.25, 0.3) is 0 Å². The van der Waals surface area contributed by atoms with Gasteiger partial charge in [-0.25, -0.2) is 0 Å². The molecule has 1 aliphatic carbocycles. The Morgan fingerprint density at radius 1 is 1.42 bits per heavy atom. The van der Waals surface area contributed by atoms with Crippen molar-refractivity contribution in [3.05, 3.63) is 28.8 Å². The number of halogens is 1. The molecule has 1 aliphatic heterocycles. The fraction of sp³-hybridized carbons (Fsp3) is 0.600. The minimum Gasteiger partial charge on any atom is -0.491 e. The number of hydrogen-bond donors (Lipinski definition) is 1. The van der Waals surface area contributed by atoms with Crippen molar-refractivity contribution < 1.29 is 9.84 Å². The van der Waals surface area contributed by atoms with Crippen LogP contribution >= 0.6 is 11.6 Å². The van der Waals surface area contributed by atoms with Crippen LogP contribution in [0, 0.1) is 18.8 Å². The maximum atomic E-state index is 9.63. The van der Waals surface area contributed by atoms with Crippen molar-refractivity contribution in [3.63, 3.8) is 0 Å². The topological polar surface area (TPSA) is 32.7 Å². The molecule has 1 aromatic carbocycles. The highest BCUT2D eigenvalue weighted by atomic mass is 35.5. The fourth-order valence-electron chi connectivity index (χ4n) is 3.15. The molecule has 1 saturated carbocycles. The number of aliphatic hydroxyl groups excluding tert-OH is 1. The van der Waals surface area contributed by atoms with Crippen molar-refractivity contribution in [3.8, 4) is 5.75 Å². The van der Waals surface area contributed by atoms with E-state index in [-0.39, 0.29) is 6.10 Å². The highest BCUT2D eigenvalue weighted by Crippen LogP contribution is 2.40. The van der Waals surface area contributed by atoms with E-state index in [1.807, 2.05) is 25.1 Å². The molecule has 1 N–H and O–H groups in total. The van der Waals surface area contributed by atoms with Crippen LogP contribution in [-0.2, 0) is 0 Å². The van der Waals surface area contributed by atoms with Gasteiger partial charge in [-0.05, 0) is 37.0 Å². The number of fused-ring (bicyclic) bond motifs is 1. The molecule has 1 heterocycles. The molecule has 1 aromatic rings. The van der Waals surface area contributed by atoms with Gasteiger partial charge >= 0.3 is 0 Å². The predicted molar refractivity (Wildman–Crippen MR) is 75.7 cm³/mol. The Hall–Kier alpha value is -0.770. The lowest BCUT2D eigenvalue weighted by atomic mass is 9.74. The summed E-state index contributed by atoms with van der Waals surface area (Å²) >= 11 is 6.10. The fourth-order valence-corrected chi connectivity index (χ4v) is 3.32. The van der Waals surface area contributed by atoms with Gasteiger partial charge in [0, 0.05) is 25.6 Å². The van der Waals surface area contributed by atoms with E-state index in [1.165, 1.54) is 0 Å². The molecule has 0 spiro atoms. The van der Waals surface area contributed by atoms with Gasteiger partial charge in [-0.3, -0.25) is 4.90 Å². The van der Waals surface area contributed by atoms with E-state index in [9.17, 15) is 5.11 Å². The molecule has 0 unspecified atom stereocenters. The summed E-state index contributed by atoms with van der Waals surface area (Å²) in [5, 5.41) is 10.3. The lowest BCUT2D eigenvalue weighted by Crippen LogP contribution is -2.39. The van der Waals surface area contributed by atoms with E-state index in [0.29, 0.717) is 23.5 Å². The number of benzene rings is 1. The maximum Gasteiger partial charge on any atom is 0.138 e. The highest BCUT2D eigenvalue weighted by Gasteiger charge is 2.45. The van der Waals surface area contributed by atoms with E-state index >= 15 is 0 Å². The molecular weight excluding hydrogens is 262 g/mol. The first-order valence-corrected chi connectivity index (χ1v) is 7.30. The van der Waals surface area contributed by atoms with E-state index in [2.05, 4.69) is 4.90 Å². The largest absolute Gasteiger partial charge is 0.491 e. The molecule has 3 atom stereocenters. The van der Waals surface area contributed by atoms with E-state index in [0.717, 1.165) is 37.4 Å². The third-order valence-electron chi connectivity index (χ3n) is 4.36. The smallest absolute Gasteiger partial charge is 0.138 e. The number of ether oxygens (including phenoxy) is 1.